The van der Waals surface area contributed by atoms with Crippen molar-refractivity contribution >= 4 is 18.5 Å². The average Bonchev–Trinajstić information content (AvgIpc) is 1.87. The van der Waals surface area contributed by atoms with E-state index in [-0.39, 0.29) is 7.85 Å². The fraction of sp³-hybridized carbons (Fsp3) is 0.429. The van der Waals surface area contributed by atoms with E-state index in [0.717, 1.165) is 11.6 Å². The molecule has 0 unspecified atom stereocenters. The van der Waals surface area contributed by atoms with Gasteiger partial charge in [0.25, 0.3) is 0 Å². The van der Waals surface area contributed by atoms with E-state index in [0.29, 0.717) is 0 Å². The molecule has 0 saturated heterocycles. The third kappa shape index (κ3) is 23.2. The van der Waals surface area contributed by atoms with Crippen LogP contribution in [0.2, 0.25) is 0 Å². The smallest absolute Gasteiger partial charge is 0.231 e. The van der Waals surface area contributed by atoms with Crippen LogP contribution in [0.15, 0.2) is 11.6 Å². The predicted molar refractivity (Wildman–Crippen MR) is 53.3 cm³/mol. The molecule has 0 atom stereocenters. The molecule has 0 saturated carbocycles. The second-order valence-corrected chi connectivity index (χ2v) is 2.32. The van der Waals surface area contributed by atoms with E-state index in [9.17, 15) is 4.79 Å². The minimum absolute atomic E-state index is 0. The zero-order valence-electron chi connectivity index (χ0n) is 7.00. The summed E-state index contributed by atoms with van der Waals surface area (Å²) < 4.78 is 0. The van der Waals surface area contributed by atoms with Crippen molar-refractivity contribution in [2.45, 2.75) is 13.3 Å². The first-order valence-electron chi connectivity index (χ1n) is 3.31. The normalized spacial score (nSPS) is 7.08. The molecule has 0 bridgehead atoms. The Hall–Kier alpha value is -1.15. The molecule has 0 radical (unpaired) electrons. The van der Waals surface area contributed by atoms with Gasteiger partial charge in [-0.15, -0.1) is 12.6 Å². The van der Waals surface area contributed by atoms with Gasteiger partial charge in [-0.1, -0.05) is 6.58 Å². The molecule has 70 valence electrons. The lowest BCUT2D eigenvalue weighted by molar-refractivity contribution is -0.117. The fourth-order valence-corrected chi connectivity index (χ4v) is 0.440. The van der Waals surface area contributed by atoms with Crippen molar-refractivity contribution in [2.24, 2.45) is 5.73 Å². The maximum Gasteiger partial charge on any atom is 0.231 e. The Morgan fingerprint density at radius 1 is 1.92 bits per heavy atom. The molecule has 0 heterocycles. The van der Waals surface area contributed by atoms with Crippen LogP contribution in [0.5, 0.6) is 0 Å². The Morgan fingerprint density at radius 3 is 2.42 bits per heavy atom. The van der Waals surface area contributed by atoms with Crippen LogP contribution in [0.25, 0.3) is 0 Å². The van der Waals surface area contributed by atoms with Gasteiger partial charge >= 0.3 is 0 Å². The predicted octanol–water partition coefficient (Wildman–Crippen LogP) is 0.628. The number of hydrogen-bond donors (Lipinski definition) is 3. The van der Waals surface area contributed by atoms with Crippen LogP contribution in [0, 0.1) is 11.3 Å². The number of hydrogen-bond acceptors (Lipinski definition) is 4. The van der Waals surface area contributed by atoms with Crippen molar-refractivity contribution in [3.63, 3.8) is 0 Å². The van der Waals surface area contributed by atoms with E-state index in [1.807, 2.05) is 6.92 Å². The summed E-state index contributed by atoms with van der Waals surface area (Å²) >= 11 is 3.87. The summed E-state index contributed by atoms with van der Waals surface area (Å²) in [6.07, 6.45) is -0.181. The molecule has 0 rings (SSSR count). The van der Waals surface area contributed by atoms with Crippen molar-refractivity contribution in [3.8, 4) is 6.07 Å². The molecule has 0 spiro atoms. The number of carbonyl (C=O) groups excluding carboxylic acids is 1. The minimum Gasteiger partial charge on any atom is -0.381 e. The zero-order chi connectivity index (χ0) is 9.98. The lowest BCUT2D eigenvalue weighted by atomic mass is 10.5. The molecule has 3 N–H and O–H groups in total. The standard InChI is InChI=1S/C4H9NS.C3H4N2O.H2/c1-3-5-4(2)6;4-2-1-3(5)6;/h5-6H,2-3H2,1H3;1H2,(H2,5,6);1H. The largest absolute Gasteiger partial charge is 0.381 e. The molecular formula is C7H15N3OS. The summed E-state index contributed by atoms with van der Waals surface area (Å²) in [6.45, 7) is 6.40. The highest BCUT2D eigenvalue weighted by Crippen LogP contribution is 1.84. The molecule has 0 fully saturated rings. The van der Waals surface area contributed by atoms with Gasteiger partial charge in [0.2, 0.25) is 5.91 Å². The van der Waals surface area contributed by atoms with Crippen LogP contribution in [0.1, 0.15) is 14.8 Å². The van der Waals surface area contributed by atoms with E-state index in [1.165, 1.54) is 0 Å². The maximum atomic E-state index is 9.60. The molecule has 0 aliphatic heterocycles. The number of nitrogens with two attached hydrogens (primary N) is 1. The molecule has 0 aromatic heterocycles. The van der Waals surface area contributed by atoms with Gasteiger partial charge in [-0.3, -0.25) is 4.79 Å². The van der Waals surface area contributed by atoms with E-state index >= 15 is 0 Å². The first-order valence-corrected chi connectivity index (χ1v) is 3.76. The SMILES string of the molecule is C=C(S)NCC.N#CCC(N)=O.[HH]. The van der Waals surface area contributed by atoms with E-state index < -0.39 is 5.91 Å². The van der Waals surface area contributed by atoms with Gasteiger partial charge in [-0.05, 0) is 6.92 Å². The molecule has 0 aliphatic carbocycles. The third-order valence-corrected chi connectivity index (χ3v) is 0.792. The molecular weight excluding hydrogens is 174 g/mol. The number of nitrogens with zero attached hydrogens (tertiary/aromatic N) is 1. The van der Waals surface area contributed by atoms with Gasteiger partial charge in [-0.25, -0.2) is 0 Å². The Morgan fingerprint density at radius 2 is 2.42 bits per heavy atom. The van der Waals surface area contributed by atoms with Gasteiger partial charge in [0.15, 0.2) is 0 Å². The number of nitrogens with one attached hydrogen (secondary N) is 1. The van der Waals surface area contributed by atoms with Crippen LogP contribution >= 0.6 is 12.6 Å². The fourth-order valence-electron chi connectivity index (χ4n) is 0.282. The maximum absolute atomic E-state index is 9.60. The topological polar surface area (TPSA) is 78.9 Å². The van der Waals surface area contributed by atoms with Gasteiger partial charge in [0, 0.05) is 7.97 Å². The van der Waals surface area contributed by atoms with Crippen LogP contribution in [0.3, 0.4) is 0 Å². The second-order valence-electron chi connectivity index (χ2n) is 1.78. The van der Waals surface area contributed by atoms with Crippen molar-refractivity contribution in [1.82, 2.24) is 5.32 Å². The molecule has 0 aromatic rings. The monoisotopic (exact) mass is 189 g/mol. The Labute approximate surface area is 79.3 Å². The highest BCUT2D eigenvalue weighted by Gasteiger charge is 1.84. The van der Waals surface area contributed by atoms with E-state index in [2.05, 4.69) is 30.3 Å². The van der Waals surface area contributed by atoms with Gasteiger partial charge in [0.05, 0.1) is 11.1 Å². The van der Waals surface area contributed by atoms with E-state index in [4.69, 9.17) is 5.26 Å². The van der Waals surface area contributed by atoms with Crippen molar-refractivity contribution in [2.75, 3.05) is 6.54 Å². The minimum atomic E-state index is -0.572. The molecule has 5 heteroatoms. The van der Waals surface area contributed by atoms with Crippen molar-refractivity contribution in [3.05, 3.63) is 11.6 Å². The Bertz CT molecular complexity index is 191. The first-order chi connectivity index (χ1) is 5.54. The summed E-state index contributed by atoms with van der Waals surface area (Å²) in [7, 11) is 0. The van der Waals surface area contributed by atoms with Gasteiger partial charge < -0.3 is 11.1 Å². The number of nitriles is 1. The summed E-state index contributed by atoms with van der Waals surface area (Å²) in [5.74, 6) is -0.572. The summed E-state index contributed by atoms with van der Waals surface area (Å²) in [4.78, 5) is 9.60. The zero-order valence-corrected chi connectivity index (χ0v) is 7.90. The lowest BCUT2D eigenvalue weighted by Gasteiger charge is -1.94. The van der Waals surface area contributed by atoms with Crippen LogP contribution in [-0.4, -0.2) is 12.5 Å². The van der Waals surface area contributed by atoms with Crippen molar-refractivity contribution < 1.29 is 6.22 Å². The van der Waals surface area contributed by atoms with E-state index in [1.54, 1.807) is 6.07 Å². The number of carbonyl (C=O) groups is 1. The van der Waals surface area contributed by atoms with Crippen molar-refractivity contribution in [1.29, 1.82) is 5.26 Å². The lowest BCUT2D eigenvalue weighted by Crippen LogP contribution is -2.07. The first kappa shape index (κ1) is 13.4. The highest BCUT2D eigenvalue weighted by molar-refractivity contribution is 7.84. The number of thiol groups is 1. The Kier molecular flexibility index (Phi) is 11.0. The molecule has 12 heavy (non-hydrogen) atoms. The van der Waals surface area contributed by atoms with Gasteiger partial charge in [-0.2, -0.15) is 5.26 Å². The number of primary amides is 1. The Balaban J connectivity index is -0.000000143. The van der Waals surface area contributed by atoms with Crippen LogP contribution < -0.4 is 11.1 Å². The molecule has 0 aromatic carbocycles. The van der Waals surface area contributed by atoms with Crippen LogP contribution in [-0.2, 0) is 4.79 Å². The summed E-state index contributed by atoms with van der Waals surface area (Å²) in [5.41, 5.74) is 4.54. The molecule has 1 amide bonds. The second kappa shape index (κ2) is 9.85. The molecule has 4 nitrogen and oxygen atoms in total. The highest BCUT2D eigenvalue weighted by atomic mass is 32.1. The molecule has 0 aliphatic rings. The van der Waals surface area contributed by atoms with Crippen LogP contribution in [0.4, 0.5) is 0 Å². The summed E-state index contributed by atoms with van der Waals surface area (Å²) in [5, 5.41) is 11.3. The average molecular weight is 189 g/mol. The number of rotatable bonds is 3. The number of amides is 1. The summed E-state index contributed by atoms with van der Waals surface area (Å²) in [6, 6.07) is 1.59. The quantitative estimate of drug-likeness (QED) is 0.570. The van der Waals surface area contributed by atoms with Gasteiger partial charge in [0.1, 0.15) is 6.42 Å². The third-order valence-electron chi connectivity index (χ3n) is 0.634.